The van der Waals surface area contributed by atoms with E-state index in [1.54, 1.807) is 0 Å². The Labute approximate surface area is 129 Å². The fourth-order valence-corrected chi connectivity index (χ4v) is 3.96. The monoisotopic (exact) mass is 328 g/mol. The highest BCUT2D eigenvalue weighted by molar-refractivity contribution is 7.89. The molecule has 1 atom stereocenters. The van der Waals surface area contributed by atoms with Crippen molar-refractivity contribution >= 4 is 21.6 Å². The first-order valence-electron chi connectivity index (χ1n) is 6.81. The Bertz CT molecular complexity index is 649. The standard InChI is InChI=1S/C14H17ClN2O3S/c15-12-5-6-14(11(7-12)8-16)21(19,20)17-9-13(18)10-3-1-2-4-10/h5-7,10,13,17-18H,1-4,9H2. The van der Waals surface area contributed by atoms with Crippen molar-refractivity contribution in [3.05, 3.63) is 28.8 Å². The SMILES string of the molecule is N#Cc1cc(Cl)ccc1S(=O)(=O)NCC(O)C1CCCC1. The minimum absolute atomic E-state index is 0.00893. The zero-order valence-electron chi connectivity index (χ0n) is 11.4. The molecule has 21 heavy (non-hydrogen) atoms. The number of benzene rings is 1. The molecule has 0 saturated heterocycles. The van der Waals surface area contributed by atoms with Gasteiger partial charge in [0.05, 0.1) is 16.6 Å². The molecule has 1 aliphatic rings. The molecule has 0 aromatic heterocycles. The summed E-state index contributed by atoms with van der Waals surface area (Å²) in [7, 11) is -3.84. The Balaban J connectivity index is 2.10. The van der Waals surface area contributed by atoms with Gasteiger partial charge < -0.3 is 5.11 Å². The van der Waals surface area contributed by atoms with Crippen LogP contribution in [-0.4, -0.2) is 26.2 Å². The van der Waals surface area contributed by atoms with E-state index in [0.717, 1.165) is 25.7 Å². The van der Waals surface area contributed by atoms with Gasteiger partial charge >= 0.3 is 0 Å². The van der Waals surface area contributed by atoms with Crippen molar-refractivity contribution in [1.82, 2.24) is 4.72 Å². The first kappa shape index (κ1) is 16.2. The third kappa shape index (κ3) is 3.95. The number of nitrogens with one attached hydrogen (secondary N) is 1. The van der Waals surface area contributed by atoms with Gasteiger partial charge in [0, 0.05) is 11.6 Å². The van der Waals surface area contributed by atoms with Crippen molar-refractivity contribution < 1.29 is 13.5 Å². The summed E-state index contributed by atoms with van der Waals surface area (Å²) in [6.45, 7) is -0.0412. The Morgan fingerprint density at radius 3 is 2.71 bits per heavy atom. The molecule has 2 N–H and O–H groups in total. The molecule has 114 valence electrons. The molecule has 1 unspecified atom stereocenters. The summed E-state index contributed by atoms with van der Waals surface area (Å²) < 4.78 is 26.8. The molecule has 2 rings (SSSR count). The number of nitriles is 1. The quantitative estimate of drug-likeness (QED) is 0.865. The van der Waals surface area contributed by atoms with Crippen molar-refractivity contribution in [2.24, 2.45) is 5.92 Å². The summed E-state index contributed by atoms with van der Waals surface area (Å²) in [6.07, 6.45) is 3.30. The molecule has 0 bridgehead atoms. The zero-order valence-corrected chi connectivity index (χ0v) is 13.0. The maximum Gasteiger partial charge on any atom is 0.241 e. The maximum atomic E-state index is 12.2. The van der Waals surface area contributed by atoms with Gasteiger partial charge in [-0.15, -0.1) is 0 Å². The minimum Gasteiger partial charge on any atom is -0.391 e. The Morgan fingerprint density at radius 1 is 1.43 bits per heavy atom. The lowest BCUT2D eigenvalue weighted by Crippen LogP contribution is -2.35. The summed E-state index contributed by atoms with van der Waals surface area (Å²) in [5.74, 6) is 0.147. The second-order valence-electron chi connectivity index (χ2n) is 5.22. The van der Waals surface area contributed by atoms with Crippen molar-refractivity contribution in [1.29, 1.82) is 5.26 Å². The molecule has 1 saturated carbocycles. The van der Waals surface area contributed by atoms with Crippen LogP contribution in [0.15, 0.2) is 23.1 Å². The van der Waals surface area contributed by atoms with Crippen molar-refractivity contribution in [3.63, 3.8) is 0 Å². The number of sulfonamides is 1. The van der Waals surface area contributed by atoms with Crippen molar-refractivity contribution in [3.8, 4) is 6.07 Å². The molecule has 1 fully saturated rings. The highest BCUT2D eigenvalue weighted by atomic mass is 35.5. The Kier molecular flexibility index (Phi) is 5.22. The van der Waals surface area contributed by atoms with E-state index in [1.165, 1.54) is 18.2 Å². The van der Waals surface area contributed by atoms with Gasteiger partial charge in [-0.25, -0.2) is 13.1 Å². The summed E-state index contributed by atoms with van der Waals surface area (Å²) in [6, 6.07) is 5.85. The van der Waals surface area contributed by atoms with Crippen LogP contribution in [0.2, 0.25) is 5.02 Å². The van der Waals surface area contributed by atoms with Gasteiger partial charge in [-0.05, 0) is 37.0 Å². The second-order valence-corrected chi connectivity index (χ2v) is 7.39. The molecule has 0 radical (unpaired) electrons. The lowest BCUT2D eigenvalue weighted by molar-refractivity contribution is 0.115. The van der Waals surface area contributed by atoms with E-state index < -0.39 is 16.1 Å². The first-order chi connectivity index (χ1) is 9.94. The normalized spacial score (nSPS) is 17.6. The number of halogens is 1. The van der Waals surface area contributed by atoms with Gasteiger partial charge in [0.2, 0.25) is 10.0 Å². The van der Waals surface area contributed by atoms with Crippen LogP contribution in [0.4, 0.5) is 0 Å². The smallest absolute Gasteiger partial charge is 0.241 e. The van der Waals surface area contributed by atoms with Gasteiger partial charge in [-0.3, -0.25) is 0 Å². The number of hydrogen-bond donors (Lipinski definition) is 2. The minimum atomic E-state index is -3.84. The van der Waals surface area contributed by atoms with Crippen LogP contribution in [0.3, 0.4) is 0 Å². The molecule has 1 aromatic carbocycles. The number of hydrogen-bond acceptors (Lipinski definition) is 4. The molecular formula is C14H17ClN2O3S. The maximum absolute atomic E-state index is 12.2. The van der Waals surface area contributed by atoms with Crippen LogP contribution in [-0.2, 0) is 10.0 Å². The highest BCUT2D eigenvalue weighted by Gasteiger charge is 2.26. The molecule has 0 aliphatic heterocycles. The Hall–Kier alpha value is -1.13. The fraction of sp³-hybridized carbons (Fsp3) is 0.500. The fourth-order valence-electron chi connectivity index (χ4n) is 2.61. The van der Waals surface area contributed by atoms with Crippen LogP contribution in [0.1, 0.15) is 31.2 Å². The molecule has 5 nitrogen and oxygen atoms in total. The molecule has 1 aromatic rings. The number of aliphatic hydroxyl groups excluding tert-OH is 1. The predicted molar refractivity (Wildman–Crippen MR) is 79.3 cm³/mol. The molecule has 7 heteroatoms. The molecule has 1 aliphatic carbocycles. The molecule has 0 spiro atoms. The van der Waals surface area contributed by atoms with Gasteiger partial charge in [-0.1, -0.05) is 24.4 Å². The Morgan fingerprint density at radius 2 is 2.10 bits per heavy atom. The zero-order chi connectivity index (χ0) is 15.5. The molecule has 0 amide bonds. The van der Waals surface area contributed by atoms with E-state index in [2.05, 4.69) is 4.72 Å². The lowest BCUT2D eigenvalue weighted by Gasteiger charge is -2.18. The van der Waals surface area contributed by atoms with E-state index in [9.17, 15) is 13.5 Å². The van der Waals surface area contributed by atoms with E-state index in [-0.39, 0.29) is 22.9 Å². The van der Waals surface area contributed by atoms with E-state index in [0.29, 0.717) is 5.02 Å². The van der Waals surface area contributed by atoms with Gasteiger partial charge in [0.15, 0.2) is 0 Å². The third-order valence-corrected chi connectivity index (χ3v) is 5.49. The predicted octanol–water partition coefficient (Wildman–Crippen LogP) is 2.04. The van der Waals surface area contributed by atoms with Crippen LogP contribution in [0.5, 0.6) is 0 Å². The summed E-state index contributed by atoms with van der Waals surface area (Å²) in [5, 5.41) is 19.3. The molecular weight excluding hydrogens is 312 g/mol. The van der Waals surface area contributed by atoms with Gasteiger partial charge in [0.25, 0.3) is 0 Å². The highest BCUT2D eigenvalue weighted by Crippen LogP contribution is 2.27. The average Bonchev–Trinajstić information content (AvgIpc) is 2.98. The van der Waals surface area contributed by atoms with Crippen molar-refractivity contribution in [2.45, 2.75) is 36.7 Å². The topological polar surface area (TPSA) is 90.2 Å². The summed E-state index contributed by atoms with van der Waals surface area (Å²) >= 11 is 5.75. The number of rotatable bonds is 5. The van der Waals surface area contributed by atoms with E-state index in [1.807, 2.05) is 6.07 Å². The van der Waals surface area contributed by atoms with Crippen LogP contribution >= 0.6 is 11.6 Å². The third-order valence-electron chi connectivity index (χ3n) is 3.78. The van der Waals surface area contributed by atoms with Crippen molar-refractivity contribution in [2.75, 3.05) is 6.54 Å². The van der Waals surface area contributed by atoms with Crippen LogP contribution in [0, 0.1) is 17.2 Å². The largest absolute Gasteiger partial charge is 0.391 e. The summed E-state index contributed by atoms with van der Waals surface area (Å²) in [5.41, 5.74) is -0.00893. The average molecular weight is 329 g/mol. The molecule has 0 heterocycles. The van der Waals surface area contributed by atoms with Crippen LogP contribution < -0.4 is 4.72 Å². The number of nitrogens with zero attached hydrogens (tertiary/aromatic N) is 1. The van der Waals surface area contributed by atoms with E-state index >= 15 is 0 Å². The van der Waals surface area contributed by atoms with Gasteiger partial charge in [0.1, 0.15) is 6.07 Å². The first-order valence-corrected chi connectivity index (χ1v) is 8.67. The lowest BCUT2D eigenvalue weighted by atomic mass is 10.0. The van der Waals surface area contributed by atoms with Crippen LogP contribution in [0.25, 0.3) is 0 Å². The number of aliphatic hydroxyl groups is 1. The van der Waals surface area contributed by atoms with Gasteiger partial charge in [-0.2, -0.15) is 5.26 Å². The second kappa shape index (κ2) is 6.75. The summed E-state index contributed by atoms with van der Waals surface area (Å²) in [4.78, 5) is -0.118. The van der Waals surface area contributed by atoms with E-state index in [4.69, 9.17) is 16.9 Å².